The summed E-state index contributed by atoms with van der Waals surface area (Å²) in [7, 11) is 0. The van der Waals surface area contributed by atoms with Crippen LogP contribution < -0.4 is 10.6 Å². The summed E-state index contributed by atoms with van der Waals surface area (Å²) in [6.07, 6.45) is -4.47. The number of hydrogen-bond donors (Lipinski definition) is 2. The maximum absolute atomic E-state index is 12.0. The maximum Gasteiger partial charge on any atom is 0.405 e. The lowest BCUT2D eigenvalue weighted by Crippen LogP contribution is -2.34. The van der Waals surface area contributed by atoms with E-state index in [1.807, 2.05) is 6.92 Å². The van der Waals surface area contributed by atoms with Crippen LogP contribution in [0.5, 0.6) is 0 Å². The Labute approximate surface area is 107 Å². The molecule has 0 aliphatic carbocycles. The zero-order valence-corrected chi connectivity index (χ0v) is 10.2. The van der Waals surface area contributed by atoms with E-state index in [0.717, 1.165) is 0 Å². The zero-order valence-electron chi connectivity index (χ0n) is 9.44. The van der Waals surface area contributed by atoms with Gasteiger partial charge in [0.05, 0.1) is 5.02 Å². The minimum absolute atomic E-state index is 0.00340. The first kappa shape index (κ1) is 14.6. The molecule has 0 aromatic carbocycles. The second-order valence-corrected chi connectivity index (χ2v) is 3.76. The van der Waals surface area contributed by atoms with Gasteiger partial charge in [-0.1, -0.05) is 11.6 Å². The van der Waals surface area contributed by atoms with Crippen LogP contribution in [0.1, 0.15) is 17.4 Å². The van der Waals surface area contributed by atoms with Crippen molar-refractivity contribution in [2.45, 2.75) is 13.1 Å². The van der Waals surface area contributed by atoms with E-state index < -0.39 is 18.6 Å². The van der Waals surface area contributed by atoms with Crippen molar-refractivity contribution in [3.05, 3.63) is 22.8 Å². The van der Waals surface area contributed by atoms with Crippen LogP contribution in [0.4, 0.5) is 19.0 Å². The Hall–Kier alpha value is -1.50. The summed E-state index contributed by atoms with van der Waals surface area (Å²) < 4.78 is 35.9. The lowest BCUT2D eigenvalue weighted by molar-refractivity contribution is -0.123. The number of carbonyl (C=O) groups excluding carboxylic acids is 1. The molecule has 1 heterocycles. The SMILES string of the molecule is CCNc1ccc(Cl)c(C(=O)NCC(F)(F)F)n1. The molecule has 0 aliphatic heterocycles. The highest BCUT2D eigenvalue weighted by molar-refractivity contribution is 6.33. The molecule has 0 saturated heterocycles. The van der Waals surface area contributed by atoms with Crippen molar-refractivity contribution < 1.29 is 18.0 Å². The molecule has 0 radical (unpaired) electrons. The molecule has 0 bridgehead atoms. The fraction of sp³-hybridized carbons (Fsp3) is 0.400. The molecule has 0 aliphatic rings. The van der Waals surface area contributed by atoms with Crippen molar-refractivity contribution in [1.29, 1.82) is 0 Å². The van der Waals surface area contributed by atoms with Gasteiger partial charge >= 0.3 is 6.18 Å². The molecular formula is C10H11ClF3N3O. The largest absolute Gasteiger partial charge is 0.405 e. The molecule has 1 aromatic heterocycles. The maximum atomic E-state index is 12.0. The second kappa shape index (κ2) is 5.90. The molecule has 1 amide bonds. The van der Waals surface area contributed by atoms with Gasteiger partial charge in [0, 0.05) is 6.54 Å². The number of nitrogens with zero attached hydrogens (tertiary/aromatic N) is 1. The summed E-state index contributed by atoms with van der Waals surface area (Å²) in [6.45, 7) is 0.965. The highest BCUT2D eigenvalue weighted by Crippen LogP contribution is 2.17. The minimum Gasteiger partial charge on any atom is -0.370 e. The van der Waals surface area contributed by atoms with Gasteiger partial charge in [-0.15, -0.1) is 0 Å². The van der Waals surface area contributed by atoms with E-state index in [4.69, 9.17) is 11.6 Å². The molecule has 4 nitrogen and oxygen atoms in total. The average Bonchev–Trinajstić information content (AvgIpc) is 2.28. The Morgan fingerprint density at radius 2 is 2.11 bits per heavy atom. The summed E-state index contributed by atoms with van der Waals surface area (Å²) in [4.78, 5) is 15.3. The van der Waals surface area contributed by atoms with E-state index >= 15 is 0 Å². The summed E-state index contributed by atoms with van der Waals surface area (Å²) in [5, 5.41) is 4.54. The van der Waals surface area contributed by atoms with E-state index in [1.165, 1.54) is 12.1 Å². The molecule has 18 heavy (non-hydrogen) atoms. The Balaban J connectivity index is 2.81. The number of hydrogen-bond acceptors (Lipinski definition) is 3. The zero-order chi connectivity index (χ0) is 13.8. The van der Waals surface area contributed by atoms with Crippen molar-refractivity contribution >= 4 is 23.3 Å². The first-order valence-electron chi connectivity index (χ1n) is 5.09. The van der Waals surface area contributed by atoms with Crippen molar-refractivity contribution in [2.75, 3.05) is 18.4 Å². The van der Waals surface area contributed by atoms with Gasteiger partial charge in [0.2, 0.25) is 0 Å². The van der Waals surface area contributed by atoms with Crippen molar-refractivity contribution in [1.82, 2.24) is 10.3 Å². The highest BCUT2D eigenvalue weighted by Gasteiger charge is 2.28. The number of anilines is 1. The third-order valence-corrected chi connectivity index (χ3v) is 2.17. The summed E-state index contributed by atoms with van der Waals surface area (Å²) >= 11 is 5.71. The second-order valence-electron chi connectivity index (χ2n) is 3.36. The summed E-state index contributed by atoms with van der Waals surface area (Å²) in [5.74, 6) is -0.587. The van der Waals surface area contributed by atoms with Gasteiger partial charge < -0.3 is 10.6 Å². The van der Waals surface area contributed by atoms with Crippen LogP contribution >= 0.6 is 11.6 Å². The lowest BCUT2D eigenvalue weighted by atomic mass is 10.3. The number of nitrogens with one attached hydrogen (secondary N) is 2. The van der Waals surface area contributed by atoms with Crippen LogP contribution in [-0.4, -0.2) is 30.2 Å². The van der Waals surface area contributed by atoms with Gasteiger partial charge in [0.1, 0.15) is 18.1 Å². The van der Waals surface area contributed by atoms with Gasteiger partial charge in [-0.25, -0.2) is 4.98 Å². The molecule has 1 rings (SSSR count). The van der Waals surface area contributed by atoms with Gasteiger partial charge in [0.15, 0.2) is 0 Å². The third-order valence-electron chi connectivity index (χ3n) is 1.87. The summed E-state index contributed by atoms with van der Waals surface area (Å²) in [6, 6.07) is 2.93. The van der Waals surface area contributed by atoms with E-state index in [0.29, 0.717) is 12.4 Å². The number of pyridine rings is 1. The molecule has 8 heteroatoms. The van der Waals surface area contributed by atoms with Crippen LogP contribution in [0.25, 0.3) is 0 Å². The number of alkyl halides is 3. The average molecular weight is 282 g/mol. The van der Waals surface area contributed by atoms with E-state index in [-0.39, 0.29) is 10.7 Å². The molecule has 2 N–H and O–H groups in total. The molecule has 100 valence electrons. The number of halogens is 4. The Bertz CT molecular complexity index is 437. The van der Waals surface area contributed by atoms with Crippen LogP contribution in [-0.2, 0) is 0 Å². The summed E-state index contributed by atoms with van der Waals surface area (Å²) in [5.41, 5.74) is -0.237. The van der Waals surface area contributed by atoms with Crippen LogP contribution in [0.15, 0.2) is 12.1 Å². The molecule has 0 atom stereocenters. The fourth-order valence-corrected chi connectivity index (χ4v) is 1.34. The normalized spacial score (nSPS) is 11.2. The highest BCUT2D eigenvalue weighted by atomic mass is 35.5. The third kappa shape index (κ3) is 4.40. The van der Waals surface area contributed by atoms with Crippen LogP contribution in [0.2, 0.25) is 5.02 Å². The minimum atomic E-state index is -4.47. The number of amides is 1. The van der Waals surface area contributed by atoms with Gasteiger partial charge in [0.25, 0.3) is 5.91 Å². The van der Waals surface area contributed by atoms with Crippen LogP contribution in [0, 0.1) is 0 Å². The fourth-order valence-electron chi connectivity index (χ4n) is 1.15. The van der Waals surface area contributed by atoms with Crippen molar-refractivity contribution in [2.24, 2.45) is 0 Å². The standard InChI is InChI=1S/C10H11ClF3N3O/c1-2-15-7-4-3-6(11)8(17-7)9(18)16-5-10(12,13)14/h3-4H,2,5H2,1H3,(H,15,17)(H,16,18). The number of carbonyl (C=O) groups is 1. The van der Waals surface area contributed by atoms with E-state index in [2.05, 4.69) is 10.3 Å². The predicted octanol–water partition coefficient (Wildman–Crippen LogP) is 2.46. The Morgan fingerprint density at radius 3 is 2.67 bits per heavy atom. The Kier molecular flexibility index (Phi) is 4.77. The number of rotatable bonds is 4. The van der Waals surface area contributed by atoms with E-state index in [9.17, 15) is 18.0 Å². The van der Waals surface area contributed by atoms with Crippen molar-refractivity contribution in [3.63, 3.8) is 0 Å². The topological polar surface area (TPSA) is 54.0 Å². The van der Waals surface area contributed by atoms with E-state index in [1.54, 1.807) is 5.32 Å². The van der Waals surface area contributed by atoms with Crippen molar-refractivity contribution in [3.8, 4) is 0 Å². The first-order valence-corrected chi connectivity index (χ1v) is 5.46. The van der Waals surface area contributed by atoms with Crippen LogP contribution in [0.3, 0.4) is 0 Å². The smallest absolute Gasteiger partial charge is 0.370 e. The molecule has 0 fully saturated rings. The molecule has 0 unspecified atom stereocenters. The lowest BCUT2D eigenvalue weighted by Gasteiger charge is -2.10. The molecule has 1 aromatic rings. The quantitative estimate of drug-likeness (QED) is 0.891. The van der Waals surface area contributed by atoms with Gasteiger partial charge in [-0.05, 0) is 19.1 Å². The van der Waals surface area contributed by atoms with Gasteiger partial charge in [-0.3, -0.25) is 4.79 Å². The molecular weight excluding hydrogens is 271 g/mol. The molecule has 0 spiro atoms. The van der Waals surface area contributed by atoms with Gasteiger partial charge in [-0.2, -0.15) is 13.2 Å². The predicted molar refractivity (Wildman–Crippen MR) is 61.8 cm³/mol. The Morgan fingerprint density at radius 1 is 1.44 bits per heavy atom. The number of aromatic nitrogens is 1. The molecule has 0 saturated carbocycles. The first-order chi connectivity index (χ1) is 8.33. The monoisotopic (exact) mass is 281 g/mol.